The second-order valence-electron chi connectivity index (χ2n) is 6.23. The van der Waals surface area contributed by atoms with Gasteiger partial charge in [0.2, 0.25) is 0 Å². The van der Waals surface area contributed by atoms with Crippen LogP contribution in [0.1, 0.15) is 13.3 Å². The van der Waals surface area contributed by atoms with Crippen LogP contribution in [0, 0.1) is 0 Å². The lowest BCUT2D eigenvalue weighted by Crippen LogP contribution is -2.47. The smallest absolute Gasteiger partial charge is 0.186 e. The lowest BCUT2D eigenvalue weighted by molar-refractivity contribution is 0.0709. The van der Waals surface area contributed by atoms with E-state index in [-0.39, 0.29) is 0 Å². The summed E-state index contributed by atoms with van der Waals surface area (Å²) in [5, 5.41) is 0.772. The minimum atomic E-state index is -1.50. The van der Waals surface area contributed by atoms with Gasteiger partial charge in [0, 0.05) is 28.9 Å². The van der Waals surface area contributed by atoms with Gasteiger partial charge in [0.25, 0.3) is 0 Å². The second-order valence-corrected chi connectivity index (χ2v) is 16.6. The molecule has 3 nitrogen and oxygen atoms in total. The van der Waals surface area contributed by atoms with Crippen molar-refractivity contribution in [2.75, 3.05) is 34.0 Å². The molecule has 0 aliphatic carbocycles. The van der Waals surface area contributed by atoms with Crippen molar-refractivity contribution in [2.24, 2.45) is 0 Å². The fraction of sp³-hybridized carbons (Fsp3) is 1.00. The van der Waals surface area contributed by atoms with Gasteiger partial charge in [-0.3, -0.25) is 0 Å². The molecular weight excluding hydrogens is 260 g/mol. The minimum Gasteiger partial charge on any atom is -0.420 e. The summed E-state index contributed by atoms with van der Waals surface area (Å²) in [6.07, 6.45) is 1.17. The average molecular weight is 293 g/mol. The summed E-state index contributed by atoms with van der Waals surface area (Å²) in [6, 6.07) is 1.32. The zero-order valence-corrected chi connectivity index (χ0v) is 15.3. The quantitative estimate of drug-likeness (QED) is 0.455. The summed E-state index contributed by atoms with van der Waals surface area (Å²) in [7, 11) is 0.880. The van der Waals surface area contributed by atoms with Crippen molar-refractivity contribution in [3.63, 3.8) is 0 Å². The number of ether oxygens (including phenoxy) is 2. The number of hydrogen-bond acceptors (Lipinski definition) is 3. The summed E-state index contributed by atoms with van der Waals surface area (Å²) in [5.41, 5.74) is 0. The third-order valence-electron chi connectivity index (χ3n) is 4.28. The van der Waals surface area contributed by atoms with Crippen molar-refractivity contribution >= 4 is 16.4 Å². The lowest BCUT2D eigenvalue weighted by atomic mass is 10.5. The molecule has 5 heteroatoms. The van der Waals surface area contributed by atoms with Crippen LogP contribution in [-0.4, -0.2) is 50.4 Å². The van der Waals surface area contributed by atoms with Crippen LogP contribution in [0.15, 0.2) is 0 Å². The Bertz CT molecular complexity index is 220. The molecule has 0 aromatic carbocycles. The summed E-state index contributed by atoms with van der Waals surface area (Å²) in [6.45, 7) is 14.3. The largest absolute Gasteiger partial charge is 0.420 e. The predicted molar refractivity (Wildman–Crippen MR) is 83.5 cm³/mol. The van der Waals surface area contributed by atoms with Crippen LogP contribution < -0.4 is 0 Å². The molecule has 1 unspecified atom stereocenters. The summed E-state index contributed by atoms with van der Waals surface area (Å²) >= 11 is 0. The van der Waals surface area contributed by atoms with Crippen LogP contribution in [0.5, 0.6) is 0 Å². The standard InChI is InChI=1S/C13H32O3Si2/c1-13(18(6,7)15-3)17(4,5)12-8-9-16-11-10-14-2/h13H,8-12H2,1-7H3. The van der Waals surface area contributed by atoms with Gasteiger partial charge in [0.15, 0.2) is 8.32 Å². The van der Waals surface area contributed by atoms with Crippen LogP contribution >= 0.6 is 0 Å². The molecule has 0 fully saturated rings. The first kappa shape index (κ1) is 18.3. The molecule has 110 valence electrons. The maximum atomic E-state index is 5.77. The normalized spacial score (nSPS) is 14.8. The predicted octanol–water partition coefficient (Wildman–Crippen LogP) is 3.53. The van der Waals surface area contributed by atoms with E-state index in [1.807, 2.05) is 7.11 Å². The zero-order valence-electron chi connectivity index (χ0n) is 13.3. The van der Waals surface area contributed by atoms with Gasteiger partial charge in [0.05, 0.1) is 13.2 Å². The molecule has 0 aromatic heterocycles. The van der Waals surface area contributed by atoms with E-state index in [0.29, 0.717) is 13.2 Å². The highest BCUT2D eigenvalue weighted by Crippen LogP contribution is 2.35. The van der Waals surface area contributed by atoms with Gasteiger partial charge < -0.3 is 13.9 Å². The van der Waals surface area contributed by atoms with Crippen LogP contribution in [-0.2, 0) is 13.9 Å². The highest BCUT2D eigenvalue weighted by atomic mass is 28.4. The Balaban J connectivity index is 3.99. The van der Waals surface area contributed by atoms with Gasteiger partial charge in [0.1, 0.15) is 0 Å². The first-order chi connectivity index (χ1) is 8.28. The van der Waals surface area contributed by atoms with E-state index >= 15 is 0 Å². The Hall–Kier alpha value is 0.314. The number of rotatable bonds is 10. The maximum Gasteiger partial charge on any atom is 0.186 e. The van der Waals surface area contributed by atoms with E-state index < -0.39 is 16.4 Å². The molecule has 0 amide bonds. The summed E-state index contributed by atoms with van der Waals surface area (Å²) < 4.78 is 16.3. The van der Waals surface area contributed by atoms with Crippen molar-refractivity contribution in [2.45, 2.75) is 50.7 Å². The van der Waals surface area contributed by atoms with Crippen molar-refractivity contribution in [1.29, 1.82) is 0 Å². The Morgan fingerprint density at radius 2 is 1.56 bits per heavy atom. The average Bonchev–Trinajstić information content (AvgIpc) is 2.32. The third-order valence-corrected chi connectivity index (χ3v) is 15.8. The first-order valence-electron chi connectivity index (χ1n) is 6.89. The van der Waals surface area contributed by atoms with E-state index in [2.05, 4.69) is 33.1 Å². The van der Waals surface area contributed by atoms with Gasteiger partial charge in [-0.2, -0.15) is 0 Å². The van der Waals surface area contributed by atoms with Crippen molar-refractivity contribution < 1.29 is 13.9 Å². The van der Waals surface area contributed by atoms with Crippen LogP contribution in [0.4, 0.5) is 0 Å². The molecular formula is C13H32O3Si2. The Morgan fingerprint density at radius 3 is 2.06 bits per heavy atom. The Kier molecular flexibility index (Phi) is 8.63. The van der Waals surface area contributed by atoms with E-state index in [0.717, 1.165) is 11.8 Å². The van der Waals surface area contributed by atoms with Gasteiger partial charge >= 0.3 is 0 Å². The molecule has 0 radical (unpaired) electrons. The van der Waals surface area contributed by atoms with E-state index in [9.17, 15) is 0 Å². The monoisotopic (exact) mass is 292 g/mol. The van der Waals surface area contributed by atoms with Gasteiger partial charge in [-0.1, -0.05) is 26.1 Å². The highest BCUT2D eigenvalue weighted by molar-refractivity contribution is 6.94. The van der Waals surface area contributed by atoms with Crippen LogP contribution in [0.3, 0.4) is 0 Å². The second kappa shape index (κ2) is 8.48. The molecule has 0 rings (SSSR count). The minimum absolute atomic E-state index is 0.695. The third kappa shape index (κ3) is 6.47. The summed E-state index contributed by atoms with van der Waals surface area (Å²) in [4.78, 5) is 0. The molecule has 0 aliphatic heterocycles. The zero-order chi connectivity index (χ0) is 14.2. The number of hydrogen-bond donors (Lipinski definition) is 0. The van der Waals surface area contributed by atoms with Crippen molar-refractivity contribution in [3.05, 3.63) is 0 Å². The van der Waals surface area contributed by atoms with E-state index in [1.54, 1.807) is 7.11 Å². The highest BCUT2D eigenvalue weighted by Gasteiger charge is 2.40. The fourth-order valence-electron chi connectivity index (χ4n) is 2.21. The molecule has 18 heavy (non-hydrogen) atoms. The molecule has 0 saturated heterocycles. The van der Waals surface area contributed by atoms with E-state index in [1.165, 1.54) is 12.5 Å². The lowest BCUT2D eigenvalue weighted by Gasteiger charge is -2.38. The summed E-state index contributed by atoms with van der Waals surface area (Å²) in [5.74, 6) is 0. The molecule has 0 heterocycles. The molecule has 0 N–H and O–H groups in total. The van der Waals surface area contributed by atoms with Crippen LogP contribution in [0.25, 0.3) is 0 Å². The van der Waals surface area contributed by atoms with Gasteiger partial charge in [-0.15, -0.1) is 0 Å². The SMILES string of the molecule is COCCOCCC[Si](C)(C)C(C)[Si](C)(C)OC. The van der Waals surface area contributed by atoms with Crippen molar-refractivity contribution in [1.82, 2.24) is 0 Å². The first-order valence-corrected chi connectivity index (χ1v) is 13.2. The topological polar surface area (TPSA) is 27.7 Å². The van der Waals surface area contributed by atoms with E-state index in [4.69, 9.17) is 13.9 Å². The number of methoxy groups -OCH3 is 1. The van der Waals surface area contributed by atoms with Gasteiger partial charge in [-0.05, 0) is 24.7 Å². The Labute approximate surface area is 115 Å². The Morgan fingerprint density at radius 1 is 0.944 bits per heavy atom. The molecule has 0 aliphatic rings. The fourth-order valence-corrected chi connectivity index (χ4v) is 12.4. The van der Waals surface area contributed by atoms with Crippen molar-refractivity contribution in [3.8, 4) is 0 Å². The molecule has 0 saturated carbocycles. The molecule has 1 atom stereocenters. The van der Waals surface area contributed by atoms with Gasteiger partial charge in [-0.25, -0.2) is 0 Å². The molecule has 0 bridgehead atoms. The molecule has 0 aromatic rings. The molecule has 0 spiro atoms. The maximum absolute atomic E-state index is 5.77. The van der Waals surface area contributed by atoms with Crippen LogP contribution in [0.2, 0.25) is 37.4 Å².